The third kappa shape index (κ3) is 5.00. The first kappa shape index (κ1) is 19.8. The molecule has 138 valence electrons. The summed E-state index contributed by atoms with van der Waals surface area (Å²) in [4.78, 5) is 25.6. The van der Waals surface area contributed by atoms with Crippen molar-refractivity contribution in [1.29, 1.82) is 0 Å². The van der Waals surface area contributed by atoms with Gasteiger partial charge in [0, 0.05) is 10.3 Å². The number of benzene rings is 1. The zero-order valence-electron chi connectivity index (χ0n) is 15.3. The van der Waals surface area contributed by atoms with E-state index >= 15 is 0 Å². The van der Waals surface area contributed by atoms with Crippen LogP contribution in [0.15, 0.2) is 35.2 Å². The Labute approximate surface area is 154 Å². The van der Waals surface area contributed by atoms with Crippen molar-refractivity contribution in [3.05, 3.63) is 30.3 Å². The largest absolute Gasteiger partial charge is 0.469 e. The number of rotatable bonds is 9. The van der Waals surface area contributed by atoms with Crippen LogP contribution in [-0.2, 0) is 19.1 Å². The first-order chi connectivity index (χ1) is 12.0. The first-order valence-corrected chi connectivity index (χ1v) is 9.88. The topological polar surface area (TPSA) is 52.6 Å². The van der Waals surface area contributed by atoms with Gasteiger partial charge in [-0.05, 0) is 25.0 Å². The number of carbonyl (C=O) groups is 2. The molecule has 1 aromatic rings. The summed E-state index contributed by atoms with van der Waals surface area (Å²) in [5.41, 5.74) is -0.559. The molecule has 25 heavy (non-hydrogen) atoms. The van der Waals surface area contributed by atoms with Crippen LogP contribution in [0.4, 0.5) is 0 Å². The molecule has 1 saturated heterocycles. The van der Waals surface area contributed by atoms with Gasteiger partial charge in [-0.2, -0.15) is 0 Å². The number of unbranched alkanes of at least 4 members (excludes halogenated alkanes) is 3. The third-order valence-electron chi connectivity index (χ3n) is 4.88. The van der Waals surface area contributed by atoms with E-state index in [-0.39, 0.29) is 24.5 Å². The highest BCUT2D eigenvalue weighted by molar-refractivity contribution is 8.00. The Morgan fingerprint density at radius 2 is 1.96 bits per heavy atom. The fourth-order valence-electron chi connectivity index (χ4n) is 3.33. The molecule has 0 aromatic heterocycles. The van der Waals surface area contributed by atoms with E-state index in [1.807, 2.05) is 37.3 Å². The highest BCUT2D eigenvalue weighted by atomic mass is 32.2. The average molecular weight is 365 g/mol. The normalized spacial score (nSPS) is 25.6. The molecule has 1 aliphatic rings. The molecule has 1 aromatic carbocycles. The molecule has 0 spiro atoms. The van der Waals surface area contributed by atoms with Gasteiger partial charge in [0.2, 0.25) is 0 Å². The molecule has 0 bridgehead atoms. The van der Waals surface area contributed by atoms with E-state index in [0.29, 0.717) is 0 Å². The second-order valence-corrected chi connectivity index (χ2v) is 8.02. The molecule has 3 atom stereocenters. The Morgan fingerprint density at radius 3 is 2.60 bits per heavy atom. The van der Waals surface area contributed by atoms with Crippen molar-refractivity contribution in [2.45, 2.75) is 68.6 Å². The summed E-state index contributed by atoms with van der Waals surface area (Å²) >= 11 is 1.48. The van der Waals surface area contributed by atoms with Gasteiger partial charge in [0.05, 0.1) is 13.5 Å². The van der Waals surface area contributed by atoms with E-state index in [4.69, 9.17) is 9.47 Å². The van der Waals surface area contributed by atoms with E-state index in [1.54, 1.807) is 0 Å². The van der Waals surface area contributed by atoms with Crippen molar-refractivity contribution in [2.24, 2.45) is 5.41 Å². The lowest BCUT2D eigenvalue weighted by Gasteiger charge is -2.31. The van der Waals surface area contributed by atoms with Crippen molar-refractivity contribution < 1.29 is 19.1 Å². The summed E-state index contributed by atoms with van der Waals surface area (Å²) in [6.45, 7) is 4.16. The minimum atomic E-state index is -0.559. The Bertz CT molecular complexity index is 574. The number of hydrogen-bond donors (Lipinski definition) is 0. The number of ether oxygens (including phenoxy) is 2. The molecule has 1 fully saturated rings. The second kappa shape index (κ2) is 9.27. The van der Waals surface area contributed by atoms with Crippen LogP contribution in [0, 0.1) is 5.41 Å². The Balaban J connectivity index is 2.16. The second-order valence-electron chi connectivity index (χ2n) is 6.84. The summed E-state index contributed by atoms with van der Waals surface area (Å²) in [6, 6.07) is 9.79. The average Bonchev–Trinajstić information content (AvgIpc) is 2.83. The van der Waals surface area contributed by atoms with Gasteiger partial charge < -0.3 is 9.47 Å². The lowest BCUT2D eigenvalue weighted by atomic mass is 9.77. The van der Waals surface area contributed by atoms with Gasteiger partial charge in [-0.15, -0.1) is 11.8 Å². The van der Waals surface area contributed by atoms with Gasteiger partial charge in [0.1, 0.15) is 11.4 Å². The Hall–Kier alpha value is -1.49. The Kier molecular flexibility index (Phi) is 7.36. The molecule has 0 unspecified atom stereocenters. The summed E-state index contributed by atoms with van der Waals surface area (Å²) in [5.74, 6) is -0.515. The van der Waals surface area contributed by atoms with Gasteiger partial charge in [0.25, 0.3) is 0 Å². The maximum Gasteiger partial charge on any atom is 0.320 e. The number of esters is 2. The molecular formula is C20H28O4S. The minimum Gasteiger partial charge on any atom is -0.469 e. The van der Waals surface area contributed by atoms with Crippen LogP contribution in [-0.4, -0.2) is 30.4 Å². The summed E-state index contributed by atoms with van der Waals surface area (Å²) < 4.78 is 10.6. The maximum atomic E-state index is 12.6. The van der Waals surface area contributed by atoms with Gasteiger partial charge in [-0.25, -0.2) is 0 Å². The molecule has 2 rings (SSSR count). The zero-order chi connectivity index (χ0) is 18.3. The predicted octanol–water partition coefficient (Wildman–Crippen LogP) is 4.61. The molecule has 0 radical (unpaired) electrons. The molecule has 0 N–H and O–H groups in total. The van der Waals surface area contributed by atoms with Crippen LogP contribution in [0.5, 0.6) is 0 Å². The first-order valence-electron chi connectivity index (χ1n) is 9.00. The van der Waals surface area contributed by atoms with Gasteiger partial charge >= 0.3 is 11.9 Å². The van der Waals surface area contributed by atoms with E-state index < -0.39 is 10.7 Å². The summed E-state index contributed by atoms with van der Waals surface area (Å²) in [5, 5.41) is -0.398. The van der Waals surface area contributed by atoms with Gasteiger partial charge in [0.15, 0.2) is 0 Å². The molecule has 1 heterocycles. The molecule has 5 heteroatoms. The number of methoxy groups -OCH3 is 1. The third-order valence-corrected chi connectivity index (χ3v) is 6.39. The fraction of sp³-hybridized carbons (Fsp3) is 0.600. The number of hydrogen-bond acceptors (Lipinski definition) is 5. The lowest BCUT2D eigenvalue weighted by molar-refractivity contribution is -0.146. The molecule has 0 aliphatic carbocycles. The Morgan fingerprint density at radius 1 is 1.24 bits per heavy atom. The van der Waals surface area contributed by atoms with Crippen molar-refractivity contribution in [1.82, 2.24) is 0 Å². The van der Waals surface area contributed by atoms with Crippen LogP contribution in [0.2, 0.25) is 0 Å². The van der Waals surface area contributed by atoms with E-state index in [2.05, 4.69) is 6.92 Å². The van der Waals surface area contributed by atoms with Crippen LogP contribution in [0.1, 0.15) is 52.4 Å². The number of cyclic esters (lactones) is 1. The summed E-state index contributed by atoms with van der Waals surface area (Å²) in [6.07, 6.45) is 5.22. The van der Waals surface area contributed by atoms with E-state index in [0.717, 1.165) is 30.6 Å². The van der Waals surface area contributed by atoms with Crippen molar-refractivity contribution >= 4 is 23.7 Å². The van der Waals surface area contributed by atoms with Crippen molar-refractivity contribution in [2.75, 3.05) is 7.11 Å². The molecular weight excluding hydrogens is 336 g/mol. The van der Waals surface area contributed by atoms with Gasteiger partial charge in [-0.1, -0.05) is 51.3 Å². The number of carbonyl (C=O) groups excluding carboxylic acids is 2. The fourth-order valence-corrected chi connectivity index (χ4v) is 4.57. The van der Waals surface area contributed by atoms with Crippen LogP contribution < -0.4 is 0 Å². The lowest BCUT2D eigenvalue weighted by Crippen LogP contribution is -2.38. The highest BCUT2D eigenvalue weighted by Crippen LogP contribution is 2.49. The molecule has 4 nitrogen and oxygen atoms in total. The standard InChI is InChI=1S/C20H28O4S/c1-4-5-6-10-13-16-20(2,14-17(21)23-3)18(19(22)24-16)25-15-11-8-7-9-12-15/h7-9,11-12,16,18H,4-6,10,13-14H2,1-3H3/t16-,18-,20-/m1/s1. The zero-order valence-corrected chi connectivity index (χ0v) is 16.1. The van der Waals surface area contributed by atoms with Crippen LogP contribution >= 0.6 is 11.8 Å². The quantitative estimate of drug-likeness (QED) is 0.473. The van der Waals surface area contributed by atoms with Gasteiger partial charge in [-0.3, -0.25) is 9.59 Å². The molecule has 1 aliphatic heterocycles. The monoisotopic (exact) mass is 364 g/mol. The van der Waals surface area contributed by atoms with E-state index in [1.165, 1.54) is 25.3 Å². The highest BCUT2D eigenvalue weighted by Gasteiger charge is 2.55. The maximum absolute atomic E-state index is 12.6. The summed E-state index contributed by atoms with van der Waals surface area (Å²) in [7, 11) is 1.39. The minimum absolute atomic E-state index is 0.193. The van der Waals surface area contributed by atoms with Crippen molar-refractivity contribution in [3.63, 3.8) is 0 Å². The van der Waals surface area contributed by atoms with E-state index in [9.17, 15) is 9.59 Å². The van der Waals surface area contributed by atoms with Crippen LogP contribution in [0.25, 0.3) is 0 Å². The smallest absolute Gasteiger partial charge is 0.320 e. The number of thioether (sulfide) groups is 1. The SMILES string of the molecule is CCCCCC[C@H]1OC(=O)[C@@H](Sc2ccccc2)[C@]1(C)CC(=O)OC. The van der Waals surface area contributed by atoms with Crippen molar-refractivity contribution in [3.8, 4) is 0 Å². The molecule has 0 amide bonds. The molecule has 0 saturated carbocycles. The predicted molar refractivity (Wildman–Crippen MR) is 99.5 cm³/mol. The van der Waals surface area contributed by atoms with Crippen LogP contribution in [0.3, 0.4) is 0 Å².